The van der Waals surface area contributed by atoms with Crippen LogP contribution >= 0.6 is 22.9 Å². The summed E-state index contributed by atoms with van der Waals surface area (Å²) < 4.78 is 0. The van der Waals surface area contributed by atoms with Crippen LogP contribution in [0, 0.1) is 11.3 Å². The zero-order chi connectivity index (χ0) is 17.4. The molecule has 3 aromatic heterocycles. The number of rotatable bonds is 5. The molecule has 2 N–H and O–H groups in total. The molecule has 8 heteroatoms. The second kappa shape index (κ2) is 6.47. The average molecular weight is 371 g/mol. The summed E-state index contributed by atoms with van der Waals surface area (Å²) in [5, 5.41) is 19.9. The zero-order valence-corrected chi connectivity index (χ0v) is 15.0. The van der Waals surface area contributed by atoms with Crippen LogP contribution in [0.1, 0.15) is 42.2 Å². The maximum absolute atomic E-state index is 9.05. The third kappa shape index (κ3) is 3.36. The molecule has 0 saturated heterocycles. The van der Waals surface area contributed by atoms with Crippen LogP contribution in [0.2, 0.25) is 5.02 Å². The van der Waals surface area contributed by atoms with Crippen LogP contribution in [0.3, 0.4) is 0 Å². The van der Waals surface area contributed by atoms with Gasteiger partial charge < -0.3 is 5.32 Å². The molecule has 25 heavy (non-hydrogen) atoms. The minimum absolute atomic E-state index is 0.145. The summed E-state index contributed by atoms with van der Waals surface area (Å²) in [6.45, 7) is 1.88. The molecule has 3 heterocycles. The molecule has 0 spiro atoms. The molecule has 0 radical (unpaired) electrons. The van der Waals surface area contributed by atoms with Gasteiger partial charge >= 0.3 is 0 Å². The van der Waals surface area contributed by atoms with E-state index < -0.39 is 0 Å². The molecule has 3 aromatic rings. The topological polar surface area (TPSA) is 90.3 Å². The summed E-state index contributed by atoms with van der Waals surface area (Å²) in [4.78, 5) is 10.7. The average Bonchev–Trinajstić information content (AvgIpc) is 3.17. The quantitative estimate of drug-likeness (QED) is 0.671. The fourth-order valence-electron chi connectivity index (χ4n) is 2.47. The van der Waals surface area contributed by atoms with Crippen molar-refractivity contribution in [3.05, 3.63) is 40.0 Å². The molecule has 126 valence electrons. The van der Waals surface area contributed by atoms with Gasteiger partial charge in [0.05, 0.1) is 23.1 Å². The number of aromatic nitrogens is 4. The van der Waals surface area contributed by atoms with Gasteiger partial charge in [0, 0.05) is 22.6 Å². The Balaban J connectivity index is 1.59. The number of hydrogen-bond acceptors (Lipinski definition) is 6. The Morgan fingerprint density at radius 1 is 1.44 bits per heavy atom. The summed E-state index contributed by atoms with van der Waals surface area (Å²) >= 11 is 7.74. The van der Waals surface area contributed by atoms with Gasteiger partial charge in [-0.25, -0.2) is 9.97 Å². The molecular weight excluding hydrogens is 356 g/mol. The lowest BCUT2D eigenvalue weighted by molar-refractivity contribution is 0.966. The molecule has 1 saturated carbocycles. The van der Waals surface area contributed by atoms with Gasteiger partial charge in [0.2, 0.25) is 0 Å². The second-order valence-electron chi connectivity index (χ2n) is 6.05. The Morgan fingerprint density at radius 2 is 2.28 bits per heavy atom. The Kier molecular flexibility index (Phi) is 4.15. The highest BCUT2D eigenvalue weighted by molar-refractivity contribution is 7.15. The van der Waals surface area contributed by atoms with Crippen LogP contribution in [0.4, 0.5) is 11.6 Å². The van der Waals surface area contributed by atoms with Crippen molar-refractivity contribution < 1.29 is 0 Å². The van der Waals surface area contributed by atoms with Gasteiger partial charge in [-0.3, -0.25) is 5.10 Å². The largest absolute Gasteiger partial charge is 0.322 e. The van der Waals surface area contributed by atoms with Crippen molar-refractivity contribution >= 4 is 34.6 Å². The van der Waals surface area contributed by atoms with Crippen molar-refractivity contribution in [2.45, 2.75) is 31.6 Å². The highest BCUT2D eigenvalue weighted by Gasteiger charge is 2.25. The van der Waals surface area contributed by atoms with E-state index in [1.54, 1.807) is 6.20 Å². The number of nitriles is 1. The number of aromatic amines is 1. The summed E-state index contributed by atoms with van der Waals surface area (Å²) in [5.74, 6) is 2.24. The summed E-state index contributed by atoms with van der Waals surface area (Å²) in [6, 6.07) is 8.10. The van der Waals surface area contributed by atoms with Gasteiger partial charge in [-0.2, -0.15) is 10.4 Å². The van der Waals surface area contributed by atoms with Crippen LogP contribution in [0.25, 0.3) is 10.7 Å². The van der Waals surface area contributed by atoms with Gasteiger partial charge in [-0.15, -0.1) is 11.3 Å². The number of anilines is 2. The van der Waals surface area contributed by atoms with E-state index in [1.165, 1.54) is 24.2 Å². The standard InChI is InChI=1S/C17H15ClN6S/c1-9(7-19)13-4-5-14(25-13)17-20-8-11(18)16(22-17)21-15-6-12(23-24-15)10-2-3-10/h4-6,8-10H,2-3H2,1H3,(H2,20,21,22,23,24). The first kappa shape index (κ1) is 16.1. The van der Waals surface area contributed by atoms with Gasteiger partial charge in [0.15, 0.2) is 17.5 Å². The number of halogens is 1. The number of hydrogen-bond donors (Lipinski definition) is 2. The van der Waals surface area contributed by atoms with Crippen LogP contribution < -0.4 is 5.32 Å². The first-order valence-electron chi connectivity index (χ1n) is 7.98. The molecule has 1 aliphatic carbocycles. The predicted molar refractivity (Wildman–Crippen MR) is 98.2 cm³/mol. The fraction of sp³-hybridized carbons (Fsp3) is 0.294. The minimum Gasteiger partial charge on any atom is -0.322 e. The molecular formula is C17H15ClN6S. The van der Waals surface area contributed by atoms with E-state index in [9.17, 15) is 0 Å². The van der Waals surface area contributed by atoms with Crippen LogP contribution in [-0.4, -0.2) is 20.2 Å². The Hall–Kier alpha value is -2.43. The Morgan fingerprint density at radius 3 is 3.04 bits per heavy atom. The number of H-pyrrole nitrogens is 1. The summed E-state index contributed by atoms with van der Waals surface area (Å²) in [5.41, 5.74) is 1.14. The van der Waals surface area contributed by atoms with E-state index in [2.05, 4.69) is 31.6 Å². The molecule has 1 atom stereocenters. The molecule has 6 nitrogen and oxygen atoms in total. The zero-order valence-electron chi connectivity index (χ0n) is 13.5. The molecule has 0 aliphatic heterocycles. The number of nitrogens with zero attached hydrogens (tertiary/aromatic N) is 4. The monoisotopic (exact) mass is 370 g/mol. The van der Waals surface area contributed by atoms with Crippen molar-refractivity contribution in [1.82, 2.24) is 20.2 Å². The SMILES string of the molecule is CC(C#N)c1ccc(-c2ncc(Cl)c(Nc3cc(C4CC4)[nH]n3)n2)s1. The van der Waals surface area contributed by atoms with E-state index in [0.717, 1.165) is 15.4 Å². The van der Waals surface area contributed by atoms with E-state index in [-0.39, 0.29) is 5.92 Å². The molecule has 0 aromatic carbocycles. The summed E-state index contributed by atoms with van der Waals surface area (Å²) in [7, 11) is 0. The number of nitrogens with one attached hydrogen (secondary N) is 2. The number of thiophene rings is 1. The predicted octanol–water partition coefficient (Wildman–Crippen LogP) is 4.83. The van der Waals surface area contributed by atoms with Crippen molar-refractivity contribution in [3.8, 4) is 16.8 Å². The normalized spacial score (nSPS) is 14.9. The molecule has 1 unspecified atom stereocenters. The highest BCUT2D eigenvalue weighted by atomic mass is 35.5. The lowest BCUT2D eigenvalue weighted by Crippen LogP contribution is -1.98. The van der Waals surface area contributed by atoms with Crippen LogP contribution in [0.5, 0.6) is 0 Å². The minimum atomic E-state index is -0.145. The van der Waals surface area contributed by atoms with Crippen molar-refractivity contribution in [2.75, 3.05) is 5.32 Å². The third-order valence-corrected chi connectivity index (χ3v) is 5.61. The Bertz CT molecular complexity index is 952. The third-order valence-electron chi connectivity index (χ3n) is 4.07. The highest BCUT2D eigenvalue weighted by Crippen LogP contribution is 2.40. The molecule has 4 rings (SSSR count). The summed E-state index contributed by atoms with van der Waals surface area (Å²) in [6.07, 6.45) is 4.00. The van der Waals surface area contributed by atoms with Gasteiger partial charge in [-0.1, -0.05) is 11.6 Å². The van der Waals surface area contributed by atoms with Crippen molar-refractivity contribution in [1.29, 1.82) is 5.26 Å². The van der Waals surface area contributed by atoms with Gasteiger partial charge in [0.1, 0.15) is 5.02 Å². The molecule has 1 fully saturated rings. The van der Waals surface area contributed by atoms with Crippen LogP contribution in [0.15, 0.2) is 24.4 Å². The lowest BCUT2D eigenvalue weighted by atomic mass is 10.2. The van der Waals surface area contributed by atoms with Crippen molar-refractivity contribution in [3.63, 3.8) is 0 Å². The van der Waals surface area contributed by atoms with E-state index in [4.69, 9.17) is 16.9 Å². The second-order valence-corrected chi connectivity index (χ2v) is 7.57. The lowest BCUT2D eigenvalue weighted by Gasteiger charge is -2.05. The van der Waals surface area contributed by atoms with E-state index in [1.807, 2.05) is 25.1 Å². The fourth-order valence-corrected chi connectivity index (χ4v) is 3.55. The molecule has 0 amide bonds. The smallest absolute Gasteiger partial charge is 0.171 e. The first-order chi connectivity index (χ1) is 12.1. The van der Waals surface area contributed by atoms with Crippen molar-refractivity contribution in [2.24, 2.45) is 0 Å². The molecule has 1 aliphatic rings. The van der Waals surface area contributed by atoms with Gasteiger partial charge in [0.25, 0.3) is 0 Å². The maximum atomic E-state index is 9.05. The van der Waals surface area contributed by atoms with E-state index >= 15 is 0 Å². The van der Waals surface area contributed by atoms with Crippen LogP contribution in [-0.2, 0) is 0 Å². The Labute approximate surface area is 153 Å². The van der Waals surface area contributed by atoms with Gasteiger partial charge in [-0.05, 0) is 31.9 Å². The van der Waals surface area contributed by atoms with E-state index in [0.29, 0.717) is 28.4 Å². The maximum Gasteiger partial charge on any atom is 0.171 e. The first-order valence-corrected chi connectivity index (χ1v) is 9.18. The molecule has 0 bridgehead atoms.